The topological polar surface area (TPSA) is 111 Å². The van der Waals surface area contributed by atoms with Crippen LogP contribution in [0, 0.1) is 11.6 Å². The Labute approximate surface area is 203 Å². The van der Waals surface area contributed by atoms with Gasteiger partial charge >= 0.3 is 0 Å². The molecule has 0 saturated carbocycles. The van der Waals surface area contributed by atoms with Gasteiger partial charge in [0.05, 0.1) is 32.2 Å². The van der Waals surface area contributed by atoms with Crippen LogP contribution in [0.15, 0.2) is 41.6 Å². The second-order valence-corrected chi connectivity index (χ2v) is 10.3. The quantitative estimate of drug-likeness (QED) is 0.395. The molecule has 0 spiro atoms. The summed E-state index contributed by atoms with van der Waals surface area (Å²) in [7, 11) is -3.06. The van der Waals surface area contributed by atoms with Gasteiger partial charge in [-0.3, -0.25) is 9.62 Å². The number of anilines is 1. The highest BCUT2D eigenvalue weighted by Gasteiger charge is 2.23. The lowest BCUT2D eigenvalue weighted by atomic mass is 10.3. The number of nitrogens with zero attached hydrogens (tertiary/aromatic N) is 5. The lowest BCUT2D eigenvalue weighted by molar-refractivity contribution is 0.0337. The first kappa shape index (κ1) is 23.5. The summed E-state index contributed by atoms with van der Waals surface area (Å²) in [5, 5.41) is 5.09. The summed E-state index contributed by atoms with van der Waals surface area (Å²) < 4.78 is 67.3. The molecule has 1 saturated heterocycles. The van der Waals surface area contributed by atoms with E-state index in [0.29, 0.717) is 41.4 Å². The third-order valence-electron chi connectivity index (χ3n) is 5.30. The Morgan fingerprint density at radius 2 is 2.03 bits per heavy atom. The fourth-order valence-electron chi connectivity index (χ4n) is 3.62. The van der Waals surface area contributed by atoms with Gasteiger partial charge in [0, 0.05) is 37.5 Å². The Hall–Kier alpha value is -3.20. The molecule has 184 valence electrons. The van der Waals surface area contributed by atoms with Crippen LogP contribution in [-0.2, 0) is 21.3 Å². The van der Waals surface area contributed by atoms with Crippen molar-refractivity contribution in [3.05, 3.63) is 54.0 Å². The Morgan fingerprint density at radius 1 is 1.23 bits per heavy atom. The van der Waals surface area contributed by atoms with Gasteiger partial charge in [-0.1, -0.05) is 11.3 Å². The van der Waals surface area contributed by atoms with E-state index in [1.165, 1.54) is 30.7 Å². The molecular weight excluding hydrogens is 502 g/mol. The molecule has 1 aliphatic rings. The van der Waals surface area contributed by atoms with E-state index in [1.54, 1.807) is 4.52 Å². The molecule has 0 bridgehead atoms. The van der Waals surface area contributed by atoms with Gasteiger partial charge in [-0.05, 0) is 18.2 Å². The molecular formula is C21H20F2N6O4S2. The van der Waals surface area contributed by atoms with E-state index < -0.39 is 26.6 Å². The number of hydrogen-bond acceptors (Lipinski definition) is 9. The molecule has 0 radical (unpaired) electrons. The van der Waals surface area contributed by atoms with Gasteiger partial charge in [0.15, 0.2) is 0 Å². The van der Waals surface area contributed by atoms with Crippen LogP contribution in [0.5, 0.6) is 5.88 Å². The molecule has 0 unspecified atom stereocenters. The number of imidazole rings is 1. The molecule has 0 amide bonds. The van der Waals surface area contributed by atoms with Gasteiger partial charge in [-0.15, -0.1) is 0 Å². The largest absolute Gasteiger partial charge is 0.480 e. The SMILES string of the molecule is COc1ncc(-c2nn3cc(CN4CCOCC4)nc3s2)cc1NS(=O)(=O)c1ccc(F)cc1F. The molecule has 1 aromatic carbocycles. The molecule has 1 aliphatic heterocycles. The maximum absolute atomic E-state index is 14.1. The molecule has 4 heterocycles. The van der Waals surface area contributed by atoms with Crippen molar-refractivity contribution >= 4 is 32.0 Å². The van der Waals surface area contributed by atoms with E-state index in [1.807, 2.05) is 6.20 Å². The van der Waals surface area contributed by atoms with Crippen LogP contribution in [0.4, 0.5) is 14.5 Å². The lowest BCUT2D eigenvalue weighted by Gasteiger charge is -2.25. The summed E-state index contributed by atoms with van der Waals surface area (Å²) in [6.45, 7) is 3.80. The van der Waals surface area contributed by atoms with E-state index in [2.05, 4.69) is 24.7 Å². The number of pyridine rings is 1. The molecule has 5 rings (SSSR count). The zero-order valence-electron chi connectivity index (χ0n) is 18.4. The number of ether oxygens (including phenoxy) is 2. The second-order valence-electron chi connectivity index (χ2n) is 7.72. The Morgan fingerprint density at radius 3 is 2.74 bits per heavy atom. The summed E-state index contributed by atoms with van der Waals surface area (Å²) in [4.78, 5) is 11.0. The van der Waals surface area contributed by atoms with Crippen LogP contribution in [0.1, 0.15) is 5.69 Å². The van der Waals surface area contributed by atoms with Crippen molar-refractivity contribution in [1.82, 2.24) is 24.5 Å². The highest BCUT2D eigenvalue weighted by atomic mass is 32.2. The molecule has 35 heavy (non-hydrogen) atoms. The normalized spacial score (nSPS) is 14.9. The number of morpholine rings is 1. The number of halogens is 2. The number of benzene rings is 1. The fourth-order valence-corrected chi connectivity index (χ4v) is 5.61. The van der Waals surface area contributed by atoms with E-state index in [0.717, 1.165) is 30.9 Å². The zero-order chi connectivity index (χ0) is 24.6. The van der Waals surface area contributed by atoms with Crippen LogP contribution in [-0.4, -0.2) is 66.3 Å². The highest BCUT2D eigenvalue weighted by Crippen LogP contribution is 2.32. The summed E-state index contributed by atoms with van der Waals surface area (Å²) in [6.07, 6.45) is 3.34. The second kappa shape index (κ2) is 9.45. The number of sulfonamides is 1. The first-order valence-electron chi connectivity index (χ1n) is 10.5. The van der Waals surface area contributed by atoms with Gasteiger partial charge in [0.25, 0.3) is 10.0 Å². The molecule has 0 aliphatic carbocycles. The van der Waals surface area contributed by atoms with Crippen molar-refractivity contribution in [3.63, 3.8) is 0 Å². The number of aromatic nitrogens is 4. The minimum atomic E-state index is -4.39. The van der Waals surface area contributed by atoms with Gasteiger partial charge in [-0.2, -0.15) is 5.10 Å². The number of nitrogens with one attached hydrogen (secondary N) is 1. The number of methoxy groups -OCH3 is 1. The van der Waals surface area contributed by atoms with E-state index in [-0.39, 0.29) is 11.6 Å². The van der Waals surface area contributed by atoms with Crippen molar-refractivity contribution in [1.29, 1.82) is 0 Å². The molecule has 1 N–H and O–H groups in total. The maximum atomic E-state index is 14.1. The third-order valence-corrected chi connectivity index (χ3v) is 7.67. The molecule has 14 heteroatoms. The lowest BCUT2D eigenvalue weighted by Crippen LogP contribution is -2.35. The van der Waals surface area contributed by atoms with Crippen LogP contribution in [0.3, 0.4) is 0 Å². The van der Waals surface area contributed by atoms with E-state index in [9.17, 15) is 17.2 Å². The van der Waals surface area contributed by atoms with Gasteiger partial charge < -0.3 is 9.47 Å². The first-order valence-corrected chi connectivity index (χ1v) is 12.8. The molecule has 0 atom stereocenters. The van der Waals surface area contributed by atoms with Gasteiger partial charge in [-0.25, -0.2) is 31.7 Å². The fraction of sp³-hybridized carbons (Fsp3) is 0.286. The first-order chi connectivity index (χ1) is 16.8. The standard InChI is InChI=1S/C21H20F2N6O4S2/c1-32-19-17(27-35(30,31)18-3-2-14(22)9-16(18)23)8-13(10-24-19)20-26-29-12-15(25-21(29)34-20)11-28-4-6-33-7-5-28/h2-3,8-10,12,27H,4-7,11H2,1H3. The van der Waals surface area contributed by atoms with Crippen molar-refractivity contribution in [2.45, 2.75) is 11.4 Å². The van der Waals surface area contributed by atoms with Crippen molar-refractivity contribution in [2.75, 3.05) is 38.1 Å². The minimum absolute atomic E-state index is 0.0189. The Kier molecular flexibility index (Phi) is 6.35. The molecule has 3 aromatic heterocycles. The molecule has 10 nitrogen and oxygen atoms in total. The van der Waals surface area contributed by atoms with Crippen LogP contribution >= 0.6 is 11.3 Å². The summed E-state index contributed by atoms with van der Waals surface area (Å²) in [5.74, 6) is -2.12. The molecule has 1 fully saturated rings. The van der Waals surface area contributed by atoms with Gasteiger partial charge in [0.2, 0.25) is 10.8 Å². The predicted molar refractivity (Wildman–Crippen MR) is 124 cm³/mol. The van der Waals surface area contributed by atoms with E-state index in [4.69, 9.17) is 9.47 Å². The van der Waals surface area contributed by atoms with Crippen molar-refractivity contribution in [3.8, 4) is 16.5 Å². The summed E-state index contributed by atoms with van der Waals surface area (Å²) in [5.41, 5.74) is 1.38. The Balaban J connectivity index is 1.41. The molecule has 4 aromatic rings. The average Bonchev–Trinajstić information content (AvgIpc) is 3.38. The van der Waals surface area contributed by atoms with Crippen molar-refractivity contribution in [2.24, 2.45) is 0 Å². The third kappa shape index (κ3) is 4.96. The van der Waals surface area contributed by atoms with E-state index >= 15 is 0 Å². The number of fused-ring (bicyclic) bond motifs is 1. The smallest absolute Gasteiger partial charge is 0.264 e. The number of rotatable bonds is 7. The number of hydrogen-bond donors (Lipinski definition) is 1. The summed E-state index contributed by atoms with van der Waals surface area (Å²) in [6, 6.07) is 3.69. The van der Waals surface area contributed by atoms with Gasteiger partial charge in [0.1, 0.15) is 27.2 Å². The Bertz CT molecular complexity index is 1450. The predicted octanol–water partition coefficient (Wildman–Crippen LogP) is 2.77. The zero-order valence-corrected chi connectivity index (χ0v) is 20.1. The van der Waals surface area contributed by atoms with Crippen molar-refractivity contribution < 1.29 is 26.7 Å². The van der Waals surface area contributed by atoms with Crippen LogP contribution in [0.25, 0.3) is 15.5 Å². The minimum Gasteiger partial charge on any atom is -0.480 e. The van der Waals surface area contributed by atoms with Crippen LogP contribution in [0.2, 0.25) is 0 Å². The maximum Gasteiger partial charge on any atom is 0.264 e. The monoisotopic (exact) mass is 522 g/mol. The summed E-state index contributed by atoms with van der Waals surface area (Å²) >= 11 is 1.31. The average molecular weight is 523 g/mol. The van der Waals surface area contributed by atoms with Crippen LogP contribution < -0.4 is 9.46 Å². The highest BCUT2D eigenvalue weighted by molar-refractivity contribution is 7.92.